The highest BCUT2D eigenvalue weighted by molar-refractivity contribution is 5.72. The van der Waals surface area contributed by atoms with Crippen molar-refractivity contribution in [1.82, 2.24) is 0 Å². The van der Waals surface area contributed by atoms with Gasteiger partial charge in [-0.15, -0.1) is 0 Å². The molecule has 0 aromatic heterocycles. The third kappa shape index (κ3) is 24.1. The molecule has 0 rings (SSSR count). The van der Waals surface area contributed by atoms with Gasteiger partial charge >= 0.3 is 17.9 Å². The minimum Gasteiger partial charge on any atom is -0.477 e. The second-order valence-corrected chi connectivity index (χ2v) is 11.7. The van der Waals surface area contributed by atoms with Gasteiger partial charge in [-0.2, -0.15) is 0 Å². The first-order chi connectivity index (χ1) is 19.6. The van der Waals surface area contributed by atoms with Gasteiger partial charge in [0.2, 0.25) is 0 Å². The molecule has 0 heterocycles. The Morgan fingerprint density at radius 2 is 1.32 bits per heavy atom. The molecule has 8 nitrogen and oxygen atoms in total. The topological polar surface area (TPSA) is 99.1 Å². The van der Waals surface area contributed by atoms with Crippen molar-refractivity contribution in [2.24, 2.45) is 0 Å². The minimum atomic E-state index is -0.882. The van der Waals surface area contributed by atoms with Crippen LogP contribution in [-0.4, -0.2) is 80.6 Å². The van der Waals surface area contributed by atoms with E-state index in [1.807, 2.05) is 21.1 Å². The number of carbonyl (C=O) groups is 3. The van der Waals surface area contributed by atoms with E-state index >= 15 is 0 Å². The molecule has 2 atom stereocenters. The van der Waals surface area contributed by atoms with Gasteiger partial charge in [0.25, 0.3) is 0 Å². The molecule has 0 saturated heterocycles. The lowest BCUT2D eigenvalue weighted by atomic mass is 10.1. The Balaban J connectivity index is 4.37. The van der Waals surface area contributed by atoms with Gasteiger partial charge in [0.1, 0.15) is 6.61 Å². The fraction of sp³-hybridized carbons (Fsp3) is 0.788. The lowest BCUT2D eigenvalue weighted by Crippen LogP contribution is -2.50. The van der Waals surface area contributed by atoms with Crippen molar-refractivity contribution in [2.45, 2.75) is 129 Å². The van der Waals surface area contributed by atoms with Crippen LogP contribution in [0.5, 0.6) is 0 Å². The molecule has 8 heteroatoms. The summed E-state index contributed by atoms with van der Waals surface area (Å²) in [5.41, 5.74) is 0. The van der Waals surface area contributed by atoms with E-state index in [9.17, 15) is 19.5 Å². The van der Waals surface area contributed by atoms with Crippen LogP contribution in [0.1, 0.15) is 117 Å². The first kappa shape index (κ1) is 38.8. The summed E-state index contributed by atoms with van der Waals surface area (Å²) in [6.07, 6.45) is 22.9. The molecule has 0 aliphatic rings. The summed E-state index contributed by atoms with van der Waals surface area (Å²) >= 11 is 0. The smallest absolute Gasteiger partial charge is 0.362 e. The van der Waals surface area contributed by atoms with Crippen molar-refractivity contribution in [3.8, 4) is 0 Å². The molecule has 0 spiro atoms. The molecular weight excluding hydrogens is 522 g/mol. The maximum atomic E-state index is 12.5. The van der Waals surface area contributed by atoms with Crippen molar-refractivity contribution in [3.05, 3.63) is 24.3 Å². The average molecular weight is 583 g/mol. The summed E-state index contributed by atoms with van der Waals surface area (Å²) in [5.74, 6) is -1.52. The van der Waals surface area contributed by atoms with Gasteiger partial charge in [0, 0.05) is 19.3 Å². The van der Waals surface area contributed by atoms with Crippen molar-refractivity contribution >= 4 is 17.9 Å². The molecule has 0 aromatic rings. The van der Waals surface area contributed by atoms with E-state index in [-0.39, 0.29) is 36.2 Å². The van der Waals surface area contributed by atoms with E-state index in [1.165, 1.54) is 19.3 Å². The Kier molecular flexibility index (Phi) is 24.2. The number of likely N-dealkylation sites (N-methyl/N-ethyl adjacent to an activating group) is 1. The zero-order valence-corrected chi connectivity index (χ0v) is 26.7. The summed E-state index contributed by atoms with van der Waals surface area (Å²) in [4.78, 5) is 36.1. The molecule has 0 saturated carbocycles. The largest absolute Gasteiger partial charge is 0.477 e. The number of ether oxygens (including phenoxy) is 3. The molecule has 0 aromatic carbocycles. The number of hydrogen-bond donors (Lipinski definition) is 1. The highest BCUT2D eigenvalue weighted by atomic mass is 16.6. The van der Waals surface area contributed by atoms with Crippen LogP contribution in [0, 0.1) is 0 Å². The quantitative estimate of drug-likeness (QED) is 0.0481. The van der Waals surface area contributed by atoms with Crippen LogP contribution in [0.2, 0.25) is 0 Å². The van der Waals surface area contributed by atoms with Crippen LogP contribution in [-0.2, 0) is 28.6 Å². The molecule has 0 amide bonds. The van der Waals surface area contributed by atoms with Crippen LogP contribution in [0.15, 0.2) is 24.3 Å². The molecule has 0 radical (unpaired) electrons. The second kappa shape index (κ2) is 25.5. The third-order valence-electron chi connectivity index (χ3n) is 6.85. The predicted octanol–water partition coefficient (Wildman–Crippen LogP) is 7.01. The van der Waals surface area contributed by atoms with E-state index in [0.29, 0.717) is 19.3 Å². The average Bonchev–Trinajstić information content (AvgIpc) is 2.90. The molecular formula is C33H60NO7+. The first-order valence-electron chi connectivity index (χ1n) is 15.9. The Morgan fingerprint density at radius 3 is 1.95 bits per heavy atom. The van der Waals surface area contributed by atoms with Crippen molar-refractivity contribution < 1.29 is 38.2 Å². The van der Waals surface area contributed by atoms with E-state index in [0.717, 1.165) is 64.2 Å². The number of hydrogen-bond acceptors (Lipinski definition) is 6. The number of carbonyl (C=O) groups excluding carboxylic acids is 2. The zero-order chi connectivity index (χ0) is 30.8. The Morgan fingerprint density at radius 1 is 0.732 bits per heavy atom. The van der Waals surface area contributed by atoms with Gasteiger partial charge in [-0.25, -0.2) is 4.79 Å². The lowest BCUT2D eigenvalue weighted by Gasteiger charge is -2.31. The van der Waals surface area contributed by atoms with Gasteiger partial charge in [-0.1, -0.05) is 83.1 Å². The van der Waals surface area contributed by atoms with Crippen molar-refractivity contribution in [2.75, 3.05) is 41.0 Å². The van der Waals surface area contributed by atoms with E-state index < -0.39 is 18.1 Å². The maximum Gasteiger partial charge on any atom is 0.362 e. The minimum absolute atomic E-state index is 0.0551. The number of carboxylic acid groups (broad SMARTS) is 1. The summed E-state index contributed by atoms with van der Waals surface area (Å²) in [6, 6.07) is -0.610. The predicted molar refractivity (Wildman–Crippen MR) is 165 cm³/mol. The molecule has 0 bridgehead atoms. The normalized spacial score (nSPS) is 13.5. The van der Waals surface area contributed by atoms with E-state index in [2.05, 4.69) is 38.2 Å². The zero-order valence-electron chi connectivity index (χ0n) is 26.7. The first-order valence-corrected chi connectivity index (χ1v) is 15.9. The van der Waals surface area contributed by atoms with Crippen LogP contribution < -0.4 is 0 Å². The standard InChI is InChI=1S/C33H59NO7/c1-6-8-10-11-12-13-14-15-16-17-18-19-20-22-24-32(36)41-29(28-40-31(35)23-21-9-7-2)27-39-26-25-30(33(37)38)34(3,4)5/h11-12,14-15,29-30H,6-10,13,16-28H2,1-5H3/p+1/b12-11-,15-14-. The fourth-order valence-electron chi connectivity index (χ4n) is 4.28. The summed E-state index contributed by atoms with van der Waals surface area (Å²) < 4.78 is 16.9. The number of unbranched alkanes of at least 4 members (excludes halogenated alkanes) is 9. The molecule has 41 heavy (non-hydrogen) atoms. The van der Waals surface area contributed by atoms with Crippen LogP contribution >= 0.6 is 0 Å². The van der Waals surface area contributed by atoms with E-state index in [4.69, 9.17) is 14.2 Å². The maximum absolute atomic E-state index is 12.5. The molecule has 2 unspecified atom stereocenters. The molecule has 0 aliphatic heterocycles. The van der Waals surface area contributed by atoms with Crippen LogP contribution in [0.25, 0.3) is 0 Å². The van der Waals surface area contributed by atoms with Gasteiger partial charge in [0.15, 0.2) is 12.1 Å². The number of rotatable bonds is 27. The number of carboxylic acids is 1. The number of aliphatic carboxylic acids is 1. The SMILES string of the molecule is CCCC/C=C\C/C=C\CCCCCCCC(=O)OC(COCCC(C(=O)O)[N+](C)(C)C)COC(=O)CCCCC. The number of nitrogens with zero attached hydrogens (tertiary/aromatic N) is 1. The number of allylic oxidation sites excluding steroid dienone is 4. The molecule has 238 valence electrons. The van der Waals surface area contributed by atoms with E-state index in [1.54, 1.807) is 0 Å². The van der Waals surface area contributed by atoms with Gasteiger partial charge in [0.05, 0.1) is 34.4 Å². The summed E-state index contributed by atoms with van der Waals surface area (Å²) in [6.45, 7) is 4.48. The van der Waals surface area contributed by atoms with Crippen LogP contribution in [0.4, 0.5) is 0 Å². The Hall–Kier alpha value is -2.19. The summed E-state index contributed by atoms with van der Waals surface area (Å²) in [7, 11) is 5.48. The lowest BCUT2D eigenvalue weighted by molar-refractivity contribution is -0.887. The van der Waals surface area contributed by atoms with Crippen molar-refractivity contribution in [3.63, 3.8) is 0 Å². The molecule has 0 fully saturated rings. The third-order valence-corrected chi connectivity index (χ3v) is 6.85. The van der Waals surface area contributed by atoms with Crippen molar-refractivity contribution in [1.29, 1.82) is 0 Å². The molecule has 0 aliphatic carbocycles. The van der Waals surface area contributed by atoms with Gasteiger partial charge in [-0.05, 0) is 38.5 Å². The summed E-state index contributed by atoms with van der Waals surface area (Å²) in [5, 5.41) is 9.49. The molecule has 1 N–H and O–H groups in total. The highest BCUT2D eigenvalue weighted by Crippen LogP contribution is 2.12. The monoisotopic (exact) mass is 582 g/mol. The number of esters is 2. The van der Waals surface area contributed by atoms with Crippen LogP contribution in [0.3, 0.4) is 0 Å². The highest BCUT2D eigenvalue weighted by Gasteiger charge is 2.31. The number of quaternary nitrogens is 1. The Bertz CT molecular complexity index is 742. The van der Waals surface area contributed by atoms with Gasteiger partial charge < -0.3 is 23.8 Å². The Labute approximate surface area is 250 Å². The fourth-order valence-corrected chi connectivity index (χ4v) is 4.28. The van der Waals surface area contributed by atoms with Gasteiger partial charge in [-0.3, -0.25) is 9.59 Å². The second-order valence-electron chi connectivity index (χ2n) is 11.7.